The topological polar surface area (TPSA) is 46.4 Å². The quantitative estimate of drug-likeness (QED) is 0.648. The Morgan fingerprint density at radius 1 is 1.50 bits per heavy atom. The van der Waals surface area contributed by atoms with Gasteiger partial charge in [0.15, 0.2) is 4.96 Å². The smallest absolute Gasteiger partial charge is 0.263 e. The van der Waals surface area contributed by atoms with E-state index in [0.29, 0.717) is 9.23 Å². The van der Waals surface area contributed by atoms with Crippen LogP contribution in [0.3, 0.4) is 0 Å². The molecule has 1 fully saturated rings. The minimum atomic E-state index is -0.133. The van der Waals surface area contributed by atoms with Gasteiger partial charge >= 0.3 is 0 Å². The van der Waals surface area contributed by atoms with Crippen molar-refractivity contribution in [1.29, 1.82) is 0 Å². The van der Waals surface area contributed by atoms with Crippen molar-refractivity contribution in [2.45, 2.75) is 13.8 Å². The summed E-state index contributed by atoms with van der Waals surface area (Å²) in [4.78, 5) is 18.9. The summed E-state index contributed by atoms with van der Waals surface area (Å²) in [6, 6.07) is 0. The molecule has 18 heavy (non-hydrogen) atoms. The Morgan fingerprint density at radius 2 is 2.28 bits per heavy atom. The predicted molar refractivity (Wildman–Crippen MR) is 78.9 cm³/mol. The molecule has 1 saturated heterocycles. The fourth-order valence-corrected chi connectivity index (χ4v) is 3.70. The molecule has 1 aliphatic rings. The van der Waals surface area contributed by atoms with Crippen LogP contribution >= 0.6 is 35.3 Å². The molecule has 1 N–H and O–H groups in total. The van der Waals surface area contributed by atoms with Crippen LogP contribution in [0.25, 0.3) is 11.0 Å². The van der Waals surface area contributed by atoms with Crippen LogP contribution in [0.2, 0.25) is 0 Å². The fourth-order valence-electron chi connectivity index (χ4n) is 1.80. The summed E-state index contributed by atoms with van der Waals surface area (Å²) in [5.41, 5.74) is 1.86. The maximum absolute atomic E-state index is 11.6. The van der Waals surface area contributed by atoms with Crippen LogP contribution in [0, 0.1) is 13.8 Å². The third-order valence-electron chi connectivity index (χ3n) is 2.57. The van der Waals surface area contributed by atoms with E-state index in [1.54, 1.807) is 11.3 Å². The molecule has 0 aliphatic carbocycles. The number of hydrogen-bond acceptors (Lipinski definition) is 5. The number of fused-ring (bicyclic) bond motifs is 1. The van der Waals surface area contributed by atoms with Crippen molar-refractivity contribution >= 4 is 56.6 Å². The highest BCUT2D eigenvalue weighted by Crippen LogP contribution is 2.28. The van der Waals surface area contributed by atoms with E-state index in [1.165, 1.54) is 16.6 Å². The normalized spacial score (nSPS) is 18.0. The summed E-state index contributed by atoms with van der Waals surface area (Å²) < 4.78 is 2.52. The Kier molecular flexibility index (Phi) is 2.76. The van der Waals surface area contributed by atoms with Crippen LogP contribution in [-0.2, 0) is 4.79 Å². The molecular weight excluding hydrogens is 286 g/mol. The lowest BCUT2D eigenvalue weighted by Crippen LogP contribution is -2.17. The van der Waals surface area contributed by atoms with E-state index in [2.05, 4.69) is 10.3 Å². The van der Waals surface area contributed by atoms with Crippen molar-refractivity contribution in [1.82, 2.24) is 14.7 Å². The number of nitrogens with zero attached hydrogens (tertiary/aromatic N) is 2. The van der Waals surface area contributed by atoms with E-state index in [9.17, 15) is 4.79 Å². The van der Waals surface area contributed by atoms with Gasteiger partial charge in [-0.3, -0.25) is 9.20 Å². The third-order valence-corrected chi connectivity index (χ3v) is 4.63. The number of amides is 1. The lowest BCUT2D eigenvalue weighted by Gasteiger charge is -1.95. The van der Waals surface area contributed by atoms with Crippen LogP contribution < -0.4 is 5.32 Å². The summed E-state index contributed by atoms with van der Waals surface area (Å²) >= 11 is 7.90. The molecule has 1 amide bonds. The van der Waals surface area contributed by atoms with Gasteiger partial charge in [0.05, 0.1) is 16.3 Å². The number of thiocarbonyl (C=S) groups is 1. The molecule has 92 valence electrons. The Hall–Kier alpha value is -1.18. The largest absolute Gasteiger partial charge is 0.307 e. The molecule has 2 aromatic rings. The van der Waals surface area contributed by atoms with E-state index in [0.717, 1.165) is 16.3 Å². The second kappa shape index (κ2) is 4.18. The van der Waals surface area contributed by atoms with Gasteiger partial charge in [0, 0.05) is 11.1 Å². The molecule has 0 radical (unpaired) electrons. The molecule has 0 atom stereocenters. The first-order valence-electron chi connectivity index (χ1n) is 5.24. The second-order valence-electron chi connectivity index (χ2n) is 3.93. The number of imidazole rings is 1. The zero-order valence-electron chi connectivity index (χ0n) is 9.68. The number of rotatable bonds is 1. The Balaban J connectivity index is 2.14. The molecule has 0 bridgehead atoms. The molecule has 1 aliphatic heterocycles. The number of carbonyl (C=O) groups is 1. The highest BCUT2D eigenvalue weighted by molar-refractivity contribution is 8.26. The van der Waals surface area contributed by atoms with E-state index in [4.69, 9.17) is 12.2 Å². The van der Waals surface area contributed by atoms with Crippen LogP contribution in [0.1, 0.15) is 16.3 Å². The minimum absolute atomic E-state index is 0.133. The zero-order chi connectivity index (χ0) is 12.9. The molecule has 0 saturated carbocycles. The molecule has 0 unspecified atom stereocenters. The molecule has 3 rings (SSSR count). The average Bonchev–Trinajstić information content (AvgIpc) is 2.85. The minimum Gasteiger partial charge on any atom is -0.307 e. The van der Waals surface area contributed by atoms with Gasteiger partial charge in [-0.1, -0.05) is 24.0 Å². The molecule has 4 nitrogen and oxygen atoms in total. The maximum atomic E-state index is 11.6. The maximum Gasteiger partial charge on any atom is 0.263 e. The van der Waals surface area contributed by atoms with Crippen LogP contribution in [0.4, 0.5) is 0 Å². The number of carbonyl (C=O) groups excluding carboxylic acids is 1. The lowest BCUT2D eigenvalue weighted by molar-refractivity contribution is -0.115. The Bertz CT molecular complexity index is 711. The Labute approximate surface area is 117 Å². The molecule has 0 spiro atoms. The number of aryl methyl sites for hydroxylation is 2. The first kappa shape index (κ1) is 11.9. The molecule has 7 heteroatoms. The van der Waals surface area contributed by atoms with Crippen LogP contribution in [0.5, 0.6) is 0 Å². The van der Waals surface area contributed by atoms with Gasteiger partial charge in [0.1, 0.15) is 4.32 Å². The van der Waals surface area contributed by atoms with Gasteiger partial charge in [0.2, 0.25) is 0 Å². The van der Waals surface area contributed by atoms with E-state index < -0.39 is 0 Å². The summed E-state index contributed by atoms with van der Waals surface area (Å²) in [6.45, 7) is 3.98. The summed E-state index contributed by atoms with van der Waals surface area (Å²) in [5.74, 6) is -0.133. The monoisotopic (exact) mass is 295 g/mol. The molecule has 2 aromatic heterocycles. The van der Waals surface area contributed by atoms with Crippen molar-refractivity contribution in [3.8, 4) is 0 Å². The van der Waals surface area contributed by atoms with Gasteiger partial charge in [-0.2, -0.15) is 0 Å². The van der Waals surface area contributed by atoms with Gasteiger partial charge in [-0.05, 0) is 19.9 Å². The number of thiazole rings is 1. The first-order chi connectivity index (χ1) is 8.54. The third kappa shape index (κ3) is 1.88. The second-order valence-corrected chi connectivity index (χ2v) is 6.86. The van der Waals surface area contributed by atoms with Crippen molar-refractivity contribution in [2.75, 3.05) is 0 Å². The van der Waals surface area contributed by atoms with E-state index in [1.807, 2.05) is 30.5 Å². The number of thioether (sulfide) groups is 1. The summed E-state index contributed by atoms with van der Waals surface area (Å²) in [6.07, 6.45) is 3.88. The fraction of sp³-hybridized carbons (Fsp3) is 0.182. The van der Waals surface area contributed by atoms with Crippen molar-refractivity contribution in [2.24, 2.45) is 0 Å². The van der Waals surface area contributed by atoms with Gasteiger partial charge in [0.25, 0.3) is 5.91 Å². The standard InChI is InChI=1S/C11H9N3OS3/c1-5-4-14-7(6(2)12-10(14)17-5)3-8-9(15)13-11(16)18-8/h3-4H,1-2H3,(H,13,15,16)/b8-3-. The summed E-state index contributed by atoms with van der Waals surface area (Å²) in [5, 5.41) is 2.61. The number of hydrogen-bond donors (Lipinski definition) is 1. The number of aromatic nitrogens is 2. The van der Waals surface area contributed by atoms with Crippen LogP contribution in [0.15, 0.2) is 11.1 Å². The highest BCUT2D eigenvalue weighted by Gasteiger charge is 2.23. The lowest BCUT2D eigenvalue weighted by atomic mass is 10.3. The van der Waals surface area contributed by atoms with Crippen molar-refractivity contribution in [3.05, 3.63) is 27.4 Å². The van der Waals surface area contributed by atoms with Crippen LogP contribution in [-0.4, -0.2) is 19.6 Å². The highest BCUT2D eigenvalue weighted by atomic mass is 32.2. The van der Waals surface area contributed by atoms with Crippen molar-refractivity contribution in [3.63, 3.8) is 0 Å². The predicted octanol–water partition coefficient (Wildman–Crippen LogP) is 2.50. The van der Waals surface area contributed by atoms with Gasteiger partial charge in [-0.25, -0.2) is 4.98 Å². The molecular formula is C11H9N3OS3. The van der Waals surface area contributed by atoms with E-state index >= 15 is 0 Å². The number of nitrogens with one attached hydrogen (secondary N) is 1. The molecule has 0 aromatic carbocycles. The molecule has 3 heterocycles. The van der Waals surface area contributed by atoms with Gasteiger partial charge in [-0.15, -0.1) is 11.3 Å². The average molecular weight is 295 g/mol. The van der Waals surface area contributed by atoms with Crippen molar-refractivity contribution < 1.29 is 4.79 Å². The van der Waals surface area contributed by atoms with E-state index in [-0.39, 0.29) is 5.91 Å². The van der Waals surface area contributed by atoms with Gasteiger partial charge < -0.3 is 5.32 Å². The first-order valence-corrected chi connectivity index (χ1v) is 7.28. The zero-order valence-corrected chi connectivity index (χ0v) is 12.1. The SMILES string of the molecule is Cc1cn2c(/C=C3\SC(=S)NC3=O)c(C)nc2s1. The Morgan fingerprint density at radius 3 is 2.94 bits per heavy atom. The summed E-state index contributed by atoms with van der Waals surface area (Å²) in [7, 11) is 0.